The minimum atomic E-state index is -3.70. The number of phenols is 3. The summed E-state index contributed by atoms with van der Waals surface area (Å²) < 4.78 is 28.3. The van der Waals surface area contributed by atoms with Crippen molar-refractivity contribution >= 4 is 15.7 Å². The van der Waals surface area contributed by atoms with Gasteiger partial charge in [0, 0.05) is 18.5 Å². The Morgan fingerprint density at radius 2 is 1.65 bits per heavy atom. The van der Waals surface area contributed by atoms with E-state index in [1.165, 1.54) is 10.4 Å². The molecule has 31 heavy (non-hydrogen) atoms. The maximum Gasteiger partial charge on any atom is 0.239 e. The van der Waals surface area contributed by atoms with E-state index in [0.717, 1.165) is 22.3 Å². The Morgan fingerprint density at radius 1 is 0.935 bits per heavy atom. The van der Waals surface area contributed by atoms with Crippen molar-refractivity contribution in [2.45, 2.75) is 25.0 Å². The molecule has 1 aliphatic carbocycles. The zero-order chi connectivity index (χ0) is 21.9. The summed E-state index contributed by atoms with van der Waals surface area (Å²) >= 11 is 0. The zero-order valence-electron chi connectivity index (χ0n) is 17.0. The number of benzene rings is 3. The van der Waals surface area contributed by atoms with Gasteiger partial charge in [0.2, 0.25) is 10.0 Å². The Balaban J connectivity index is 1.59. The fraction of sp³-hybridized carbons (Fsp3) is 0.250. The third-order valence-electron chi connectivity index (χ3n) is 6.35. The van der Waals surface area contributed by atoms with Crippen molar-refractivity contribution in [3.8, 4) is 17.2 Å². The molecular weight excluding hydrogens is 414 g/mol. The van der Waals surface area contributed by atoms with Crippen LogP contribution < -0.4 is 4.31 Å². The van der Waals surface area contributed by atoms with E-state index >= 15 is 0 Å². The number of aryl methyl sites for hydroxylation is 1. The van der Waals surface area contributed by atoms with E-state index in [9.17, 15) is 23.7 Å². The molecule has 0 radical (unpaired) electrons. The van der Waals surface area contributed by atoms with Gasteiger partial charge in [-0.05, 0) is 59.7 Å². The molecule has 0 fully saturated rings. The molecule has 1 heterocycles. The number of rotatable bonds is 3. The number of sulfonamides is 1. The van der Waals surface area contributed by atoms with Crippen LogP contribution in [0.4, 0.5) is 5.69 Å². The summed E-state index contributed by atoms with van der Waals surface area (Å²) in [5, 5.41) is 30.1. The third kappa shape index (κ3) is 3.29. The number of phenolic OH excluding ortho intramolecular Hbond substituents is 3. The first-order valence-corrected chi connectivity index (χ1v) is 11.8. The standard InChI is InChI=1S/C24H23NO5S/c1-14-2-4-15(5-3-14)13-31(29,30)25-12-17-8-16-9-22(27)23(28)11-20(16)24(17)19-7-6-18(26)10-21(19)25/h2-7,9-11,17,24,26-28H,8,12-13H2,1H3/t17?,24-/m0/s1. The van der Waals surface area contributed by atoms with Gasteiger partial charge in [0.05, 0.1) is 11.4 Å². The lowest BCUT2D eigenvalue weighted by Crippen LogP contribution is -2.41. The molecule has 0 aromatic heterocycles. The summed E-state index contributed by atoms with van der Waals surface area (Å²) in [5.74, 6) is -0.626. The average Bonchev–Trinajstić information content (AvgIpc) is 3.06. The van der Waals surface area contributed by atoms with Gasteiger partial charge in [-0.25, -0.2) is 8.42 Å². The summed E-state index contributed by atoms with van der Waals surface area (Å²) in [7, 11) is -3.70. The van der Waals surface area contributed by atoms with E-state index < -0.39 is 10.0 Å². The van der Waals surface area contributed by atoms with Gasteiger partial charge in [-0.1, -0.05) is 35.9 Å². The van der Waals surface area contributed by atoms with Crippen LogP contribution in [-0.4, -0.2) is 30.3 Å². The van der Waals surface area contributed by atoms with Gasteiger partial charge in [-0.2, -0.15) is 0 Å². The van der Waals surface area contributed by atoms with Gasteiger partial charge < -0.3 is 15.3 Å². The van der Waals surface area contributed by atoms with Gasteiger partial charge in [0.25, 0.3) is 0 Å². The molecule has 160 valence electrons. The third-order valence-corrected chi connectivity index (χ3v) is 8.06. The molecule has 5 rings (SSSR count). The van der Waals surface area contributed by atoms with Crippen molar-refractivity contribution in [2.24, 2.45) is 5.92 Å². The molecule has 0 saturated heterocycles. The largest absolute Gasteiger partial charge is 0.508 e. The fourth-order valence-electron chi connectivity index (χ4n) is 4.91. The van der Waals surface area contributed by atoms with Crippen LogP contribution in [-0.2, 0) is 22.2 Å². The predicted octanol–water partition coefficient (Wildman–Crippen LogP) is 3.77. The van der Waals surface area contributed by atoms with E-state index in [0.29, 0.717) is 17.7 Å². The van der Waals surface area contributed by atoms with Gasteiger partial charge >= 0.3 is 0 Å². The summed E-state index contributed by atoms with van der Waals surface area (Å²) in [4.78, 5) is 0. The van der Waals surface area contributed by atoms with Crippen molar-refractivity contribution in [1.82, 2.24) is 0 Å². The summed E-state index contributed by atoms with van der Waals surface area (Å²) in [5.41, 5.74) is 4.83. The highest BCUT2D eigenvalue weighted by molar-refractivity contribution is 7.92. The normalized spacial score (nSPS) is 19.6. The second-order valence-electron chi connectivity index (χ2n) is 8.50. The lowest BCUT2D eigenvalue weighted by molar-refractivity contribution is 0.403. The Hall–Kier alpha value is -3.19. The molecule has 1 aliphatic heterocycles. The van der Waals surface area contributed by atoms with Crippen LogP contribution in [0.15, 0.2) is 54.6 Å². The fourth-order valence-corrected chi connectivity index (χ4v) is 6.55. The van der Waals surface area contributed by atoms with Crippen molar-refractivity contribution in [1.29, 1.82) is 0 Å². The topological polar surface area (TPSA) is 98.1 Å². The Labute approximate surface area is 181 Å². The first kappa shape index (κ1) is 19.8. The van der Waals surface area contributed by atoms with E-state index in [2.05, 4.69) is 0 Å². The molecule has 3 aromatic rings. The van der Waals surface area contributed by atoms with Crippen molar-refractivity contribution in [3.05, 3.63) is 82.4 Å². The van der Waals surface area contributed by atoms with E-state index in [1.807, 2.05) is 31.2 Å². The molecular formula is C24H23NO5S. The van der Waals surface area contributed by atoms with Crippen LogP contribution in [0.3, 0.4) is 0 Å². The highest BCUT2D eigenvalue weighted by Gasteiger charge is 2.43. The van der Waals surface area contributed by atoms with E-state index in [1.54, 1.807) is 24.3 Å². The molecule has 0 amide bonds. The minimum absolute atomic E-state index is 0.000454. The smallest absolute Gasteiger partial charge is 0.239 e. The van der Waals surface area contributed by atoms with Crippen molar-refractivity contribution < 1.29 is 23.7 Å². The van der Waals surface area contributed by atoms with E-state index in [4.69, 9.17) is 0 Å². The molecule has 2 aliphatic rings. The number of hydrogen-bond donors (Lipinski definition) is 3. The molecule has 0 spiro atoms. The molecule has 6 nitrogen and oxygen atoms in total. The van der Waals surface area contributed by atoms with Gasteiger partial charge in [0.1, 0.15) is 5.75 Å². The first-order chi connectivity index (χ1) is 14.7. The zero-order valence-corrected chi connectivity index (χ0v) is 17.8. The summed E-state index contributed by atoms with van der Waals surface area (Å²) in [6, 6.07) is 15.4. The van der Waals surface area contributed by atoms with Crippen LogP contribution in [0.5, 0.6) is 17.2 Å². The van der Waals surface area contributed by atoms with Gasteiger partial charge in [-0.3, -0.25) is 4.31 Å². The molecule has 3 aromatic carbocycles. The highest BCUT2D eigenvalue weighted by atomic mass is 32.2. The Bertz CT molecular complexity index is 1280. The maximum atomic E-state index is 13.4. The van der Waals surface area contributed by atoms with Crippen LogP contribution in [0, 0.1) is 12.8 Å². The Morgan fingerprint density at radius 3 is 2.39 bits per heavy atom. The summed E-state index contributed by atoms with van der Waals surface area (Å²) in [6.45, 7) is 2.22. The molecule has 1 unspecified atom stereocenters. The summed E-state index contributed by atoms with van der Waals surface area (Å²) in [6.07, 6.45) is 0.602. The van der Waals surface area contributed by atoms with Crippen LogP contribution in [0.25, 0.3) is 0 Å². The lowest BCUT2D eigenvalue weighted by Gasteiger charge is -2.38. The predicted molar refractivity (Wildman–Crippen MR) is 118 cm³/mol. The number of aromatic hydroxyl groups is 3. The molecule has 3 N–H and O–H groups in total. The second-order valence-corrected chi connectivity index (χ2v) is 10.4. The van der Waals surface area contributed by atoms with E-state index in [-0.39, 0.29) is 41.4 Å². The number of anilines is 1. The SMILES string of the molecule is Cc1ccc(CS(=O)(=O)N2CC3Cc4cc(O)c(O)cc4[C@@H]3c3ccc(O)cc32)cc1. The van der Waals surface area contributed by atoms with Crippen molar-refractivity contribution in [2.75, 3.05) is 10.8 Å². The monoisotopic (exact) mass is 437 g/mol. The Kier molecular flexibility index (Phi) is 4.41. The van der Waals surface area contributed by atoms with Gasteiger partial charge in [-0.15, -0.1) is 0 Å². The molecule has 0 saturated carbocycles. The molecule has 2 atom stereocenters. The molecule has 7 heteroatoms. The highest BCUT2D eigenvalue weighted by Crippen LogP contribution is 2.52. The van der Waals surface area contributed by atoms with Crippen LogP contribution >= 0.6 is 0 Å². The minimum Gasteiger partial charge on any atom is -0.508 e. The van der Waals surface area contributed by atoms with Crippen LogP contribution in [0.2, 0.25) is 0 Å². The first-order valence-electron chi connectivity index (χ1n) is 10.2. The molecule has 0 bridgehead atoms. The number of hydrogen-bond acceptors (Lipinski definition) is 5. The van der Waals surface area contributed by atoms with Crippen LogP contribution in [0.1, 0.15) is 33.7 Å². The number of nitrogens with zero attached hydrogens (tertiary/aromatic N) is 1. The van der Waals surface area contributed by atoms with Gasteiger partial charge in [0.15, 0.2) is 11.5 Å². The maximum absolute atomic E-state index is 13.4. The number of fused-ring (bicyclic) bond motifs is 5. The lowest BCUT2D eigenvalue weighted by atomic mass is 9.82. The quantitative estimate of drug-likeness (QED) is 0.542. The average molecular weight is 438 g/mol. The second kappa shape index (κ2) is 6.92. The van der Waals surface area contributed by atoms with Crippen molar-refractivity contribution in [3.63, 3.8) is 0 Å².